The minimum Gasteiger partial charge on any atom is -0.380 e. The molecule has 4 atom stereocenters. The molecule has 2 saturated heterocycles. The molecule has 0 saturated carbocycles. The molecule has 2 aliphatic rings. The summed E-state index contributed by atoms with van der Waals surface area (Å²) >= 11 is 2.08. The van der Waals surface area contributed by atoms with E-state index < -0.39 is 0 Å². The number of piperidine rings is 1. The first-order valence-electron chi connectivity index (χ1n) is 6.81. The highest BCUT2D eigenvalue weighted by atomic mass is 32.2. The largest absolute Gasteiger partial charge is 0.380 e. The molecule has 0 amide bonds. The Balaban J connectivity index is 1.94. The molecule has 2 heterocycles. The van der Waals surface area contributed by atoms with E-state index in [2.05, 4.69) is 23.6 Å². The van der Waals surface area contributed by atoms with Gasteiger partial charge in [-0.15, -0.1) is 0 Å². The highest BCUT2D eigenvalue weighted by Gasteiger charge is 2.34. The molecule has 17 heavy (non-hydrogen) atoms. The third-order valence-corrected chi connectivity index (χ3v) is 5.63. The average Bonchev–Trinajstić information content (AvgIpc) is 2.86. The van der Waals surface area contributed by atoms with E-state index in [0.717, 1.165) is 19.0 Å². The Hall–Kier alpha value is 0.230. The number of nitrogens with two attached hydrogens (primary N) is 1. The van der Waals surface area contributed by atoms with E-state index in [9.17, 15) is 0 Å². The van der Waals surface area contributed by atoms with Gasteiger partial charge in [0.05, 0.1) is 6.10 Å². The van der Waals surface area contributed by atoms with Crippen LogP contribution in [0.1, 0.15) is 19.8 Å². The van der Waals surface area contributed by atoms with Crippen LogP contribution in [0, 0.1) is 11.8 Å². The lowest BCUT2D eigenvalue weighted by Crippen LogP contribution is -2.53. The third-order valence-electron chi connectivity index (χ3n) is 4.44. The smallest absolute Gasteiger partial charge is 0.0724 e. The highest BCUT2D eigenvalue weighted by Crippen LogP contribution is 2.31. The number of ether oxygens (including phenoxy) is 1. The number of methoxy groups -OCH3 is 1. The number of nitrogens with zero attached hydrogens (tertiary/aromatic N) is 1. The number of likely N-dealkylation sites (tertiary alicyclic amines) is 1. The van der Waals surface area contributed by atoms with Crippen molar-refractivity contribution < 1.29 is 4.74 Å². The number of hydrogen-bond acceptors (Lipinski definition) is 4. The summed E-state index contributed by atoms with van der Waals surface area (Å²) in [4.78, 5) is 2.59. The number of thioether (sulfide) groups is 1. The number of rotatable bonds is 4. The van der Waals surface area contributed by atoms with Crippen LogP contribution in [0.2, 0.25) is 0 Å². The molecule has 2 N–H and O–H groups in total. The molecule has 2 fully saturated rings. The molecule has 3 nitrogen and oxygen atoms in total. The van der Waals surface area contributed by atoms with Crippen molar-refractivity contribution in [3.05, 3.63) is 0 Å². The summed E-state index contributed by atoms with van der Waals surface area (Å²) in [5.41, 5.74) is 6.01. The van der Waals surface area contributed by atoms with Gasteiger partial charge in [0.25, 0.3) is 0 Å². The van der Waals surface area contributed by atoms with Crippen LogP contribution in [0.4, 0.5) is 0 Å². The molecular weight excluding hydrogens is 232 g/mol. The van der Waals surface area contributed by atoms with E-state index in [0.29, 0.717) is 18.1 Å². The molecule has 0 bridgehead atoms. The molecule has 0 radical (unpaired) electrons. The van der Waals surface area contributed by atoms with Gasteiger partial charge in [0.2, 0.25) is 0 Å². The number of hydrogen-bond donors (Lipinski definition) is 1. The maximum atomic E-state index is 6.01. The fraction of sp³-hybridized carbons (Fsp3) is 1.00. The second-order valence-electron chi connectivity index (χ2n) is 5.46. The van der Waals surface area contributed by atoms with Gasteiger partial charge in [-0.05, 0) is 42.7 Å². The van der Waals surface area contributed by atoms with Crippen molar-refractivity contribution in [2.24, 2.45) is 17.6 Å². The van der Waals surface area contributed by atoms with Crippen molar-refractivity contribution in [1.82, 2.24) is 4.90 Å². The molecule has 0 aliphatic carbocycles. The summed E-state index contributed by atoms with van der Waals surface area (Å²) < 4.78 is 5.60. The van der Waals surface area contributed by atoms with Gasteiger partial charge in [0, 0.05) is 26.2 Å². The minimum atomic E-state index is 0.395. The zero-order chi connectivity index (χ0) is 12.3. The van der Waals surface area contributed by atoms with Gasteiger partial charge in [-0.2, -0.15) is 11.8 Å². The van der Waals surface area contributed by atoms with Crippen molar-refractivity contribution in [2.75, 3.05) is 38.2 Å². The zero-order valence-corrected chi connectivity index (χ0v) is 11.9. The van der Waals surface area contributed by atoms with Gasteiger partial charge in [0.15, 0.2) is 0 Å². The van der Waals surface area contributed by atoms with Crippen molar-refractivity contribution in [2.45, 2.75) is 31.9 Å². The van der Waals surface area contributed by atoms with Crippen molar-refractivity contribution in [3.63, 3.8) is 0 Å². The first kappa shape index (κ1) is 13.7. The molecule has 0 aromatic rings. The summed E-state index contributed by atoms with van der Waals surface area (Å²) in [6.45, 7) is 5.37. The van der Waals surface area contributed by atoms with Gasteiger partial charge in [-0.3, -0.25) is 4.90 Å². The second-order valence-corrected chi connectivity index (χ2v) is 6.61. The molecule has 0 aromatic carbocycles. The van der Waals surface area contributed by atoms with Crippen molar-refractivity contribution in [1.29, 1.82) is 0 Å². The van der Waals surface area contributed by atoms with Crippen molar-refractivity contribution in [3.8, 4) is 0 Å². The fourth-order valence-corrected chi connectivity index (χ4v) is 4.49. The lowest BCUT2D eigenvalue weighted by atomic mass is 9.91. The standard InChI is InChI=1S/C13H26N2OS/c1-10-3-5-15(8-13(10)16-2)12(7-14)11-4-6-17-9-11/h10-13H,3-9,14H2,1-2H3. The summed E-state index contributed by atoms with van der Waals surface area (Å²) in [6.07, 6.45) is 2.98. The van der Waals surface area contributed by atoms with Crippen LogP contribution in [0.15, 0.2) is 0 Å². The van der Waals surface area contributed by atoms with E-state index >= 15 is 0 Å². The van der Waals surface area contributed by atoms with Crippen LogP contribution in [0.5, 0.6) is 0 Å². The van der Waals surface area contributed by atoms with E-state index in [1.54, 1.807) is 0 Å². The summed E-state index contributed by atoms with van der Waals surface area (Å²) in [5.74, 6) is 4.11. The molecule has 4 unspecified atom stereocenters. The first-order valence-corrected chi connectivity index (χ1v) is 7.96. The molecular formula is C13H26N2OS. The van der Waals surface area contributed by atoms with E-state index in [-0.39, 0.29) is 0 Å². The predicted molar refractivity (Wildman–Crippen MR) is 74.4 cm³/mol. The molecule has 4 heteroatoms. The zero-order valence-electron chi connectivity index (χ0n) is 11.1. The predicted octanol–water partition coefficient (Wildman–Crippen LogP) is 1.42. The maximum absolute atomic E-state index is 6.01. The quantitative estimate of drug-likeness (QED) is 0.828. The Morgan fingerprint density at radius 1 is 1.47 bits per heavy atom. The second kappa shape index (κ2) is 6.41. The van der Waals surface area contributed by atoms with Gasteiger partial charge in [0.1, 0.15) is 0 Å². The van der Waals surface area contributed by atoms with Crippen LogP contribution in [0.3, 0.4) is 0 Å². The lowest BCUT2D eigenvalue weighted by Gasteiger charge is -2.42. The van der Waals surface area contributed by atoms with Crippen molar-refractivity contribution >= 4 is 11.8 Å². The average molecular weight is 258 g/mol. The summed E-state index contributed by atoms with van der Waals surface area (Å²) in [7, 11) is 1.84. The molecule has 0 spiro atoms. The monoisotopic (exact) mass is 258 g/mol. The van der Waals surface area contributed by atoms with Crippen LogP contribution < -0.4 is 5.73 Å². The van der Waals surface area contributed by atoms with Crippen LogP contribution >= 0.6 is 11.8 Å². The minimum absolute atomic E-state index is 0.395. The van der Waals surface area contributed by atoms with E-state index in [1.807, 2.05) is 7.11 Å². The Morgan fingerprint density at radius 3 is 2.88 bits per heavy atom. The van der Waals surface area contributed by atoms with Gasteiger partial charge >= 0.3 is 0 Å². The molecule has 0 aromatic heterocycles. The molecule has 100 valence electrons. The normalized spacial score (nSPS) is 37.2. The summed E-state index contributed by atoms with van der Waals surface area (Å²) in [5, 5.41) is 0. The highest BCUT2D eigenvalue weighted by molar-refractivity contribution is 7.99. The summed E-state index contributed by atoms with van der Waals surface area (Å²) in [6, 6.07) is 0.579. The van der Waals surface area contributed by atoms with Gasteiger partial charge in [-0.1, -0.05) is 6.92 Å². The molecule has 2 rings (SSSR count). The van der Waals surface area contributed by atoms with E-state index in [4.69, 9.17) is 10.5 Å². The Bertz CT molecular complexity index is 233. The van der Waals surface area contributed by atoms with Crippen LogP contribution in [-0.4, -0.2) is 55.3 Å². The Kier molecular flexibility index (Phi) is 5.15. The Labute approximate surface area is 109 Å². The third kappa shape index (κ3) is 3.16. The molecule has 2 aliphatic heterocycles. The van der Waals surface area contributed by atoms with Crippen LogP contribution in [0.25, 0.3) is 0 Å². The first-order chi connectivity index (χ1) is 8.26. The maximum Gasteiger partial charge on any atom is 0.0724 e. The lowest BCUT2D eigenvalue weighted by molar-refractivity contribution is -0.0248. The fourth-order valence-electron chi connectivity index (χ4n) is 3.16. The topological polar surface area (TPSA) is 38.5 Å². The Morgan fingerprint density at radius 2 is 2.29 bits per heavy atom. The van der Waals surface area contributed by atoms with Gasteiger partial charge < -0.3 is 10.5 Å². The van der Waals surface area contributed by atoms with E-state index in [1.165, 1.54) is 30.9 Å². The SMILES string of the molecule is COC1CN(C(CN)C2CCSC2)CCC1C. The van der Waals surface area contributed by atoms with Crippen LogP contribution in [-0.2, 0) is 4.74 Å². The van der Waals surface area contributed by atoms with Gasteiger partial charge in [-0.25, -0.2) is 0 Å².